The summed E-state index contributed by atoms with van der Waals surface area (Å²) in [4.78, 5) is 0. The third-order valence-electron chi connectivity index (χ3n) is 3.44. The molecule has 0 spiro atoms. The molecule has 0 radical (unpaired) electrons. The highest BCUT2D eigenvalue weighted by Crippen LogP contribution is 2.27. The number of hydrogen-bond donors (Lipinski definition) is 2. The molecule has 1 aromatic carbocycles. The highest BCUT2D eigenvalue weighted by atomic mass is 32.1. The maximum Gasteiger partial charge on any atom is 0.187 e. The van der Waals surface area contributed by atoms with Crippen molar-refractivity contribution < 1.29 is 14.2 Å². The minimum Gasteiger partial charge on any atom is -0.493 e. The molecule has 1 aromatic rings. The van der Waals surface area contributed by atoms with Gasteiger partial charge in [-0.1, -0.05) is 12.7 Å². The second-order valence-electron chi connectivity index (χ2n) is 5.23. The van der Waals surface area contributed by atoms with E-state index in [4.69, 9.17) is 26.4 Å². The van der Waals surface area contributed by atoms with E-state index in [-0.39, 0.29) is 6.10 Å². The summed E-state index contributed by atoms with van der Waals surface area (Å²) >= 11 is 5.18. The Morgan fingerprint density at radius 2 is 2.38 bits per heavy atom. The summed E-state index contributed by atoms with van der Waals surface area (Å²) in [5, 5.41) is 7.69. The summed E-state index contributed by atoms with van der Waals surface area (Å²) in [6.45, 7) is 5.58. The molecule has 1 aliphatic heterocycles. The number of thiocarbonyl (C=S) groups is 1. The van der Waals surface area contributed by atoms with E-state index in [0.717, 1.165) is 25.0 Å². The van der Waals surface area contributed by atoms with E-state index in [1.165, 1.54) is 0 Å². The van der Waals surface area contributed by atoms with Crippen LogP contribution in [-0.2, 0) is 4.74 Å². The van der Waals surface area contributed by atoms with Crippen molar-refractivity contribution in [2.75, 3.05) is 26.9 Å². The molecule has 1 atom stereocenters. The minimum atomic E-state index is 0.237. The Labute approximate surface area is 147 Å². The molecule has 0 bridgehead atoms. The van der Waals surface area contributed by atoms with Crippen molar-refractivity contribution in [1.82, 2.24) is 10.7 Å². The van der Waals surface area contributed by atoms with Gasteiger partial charge in [0.05, 0.1) is 19.4 Å². The molecule has 7 heteroatoms. The van der Waals surface area contributed by atoms with E-state index in [1.807, 2.05) is 18.2 Å². The standard InChI is InChI=1S/C17H23N3O3S/c1-3-8-23-15-7-6-13(10-16(15)21-2)11-19-20-17(24)18-12-14-5-4-9-22-14/h3,6-7,10-11,14H,1,4-5,8-9,12H2,2H3,(H2,18,20,24)/b19-11+. The molecular weight excluding hydrogens is 326 g/mol. The predicted octanol–water partition coefficient (Wildman–Crippen LogP) is 2.24. The number of ether oxygens (including phenoxy) is 3. The zero-order valence-corrected chi connectivity index (χ0v) is 14.6. The van der Waals surface area contributed by atoms with Crippen LogP contribution in [0.5, 0.6) is 11.5 Å². The van der Waals surface area contributed by atoms with Crippen LogP contribution in [0.25, 0.3) is 0 Å². The molecule has 24 heavy (non-hydrogen) atoms. The summed E-state index contributed by atoms with van der Waals surface area (Å²) in [6, 6.07) is 5.55. The molecule has 2 rings (SSSR count). The smallest absolute Gasteiger partial charge is 0.187 e. The van der Waals surface area contributed by atoms with Crippen LogP contribution < -0.4 is 20.2 Å². The lowest BCUT2D eigenvalue weighted by molar-refractivity contribution is 0.114. The fourth-order valence-corrected chi connectivity index (χ4v) is 2.39. The first-order valence-corrected chi connectivity index (χ1v) is 8.24. The van der Waals surface area contributed by atoms with Crippen LogP contribution in [0.1, 0.15) is 18.4 Å². The molecule has 2 N–H and O–H groups in total. The molecule has 0 saturated carbocycles. The first-order chi connectivity index (χ1) is 11.7. The molecule has 1 unspecified atom stereocenters. The summed E-state index contributed by atoms with van der Waals surface area (Å²) in [6.07, 6.45) is 5.77. The van der Waals surface area contributed by atoms with Gasteiger partial charge in [0.1, 0.15) is 6.61 Å². The third kappa shape index (κ3) is 5.82. The minimum absolute atomic E-state index is 0.237. The van der Waals surface area contributed by atoms with Crippen LogP contribution in [-0.4, -0.2) is 44.3 Å². The van der Waals surface area contributed by atoms with Crippen LogP contribution in [0.3, 0.4) is 0 Å². The van der Waals surface area contributed by atoms with Crippen molar-refractivity contribution in [1.29, 1.82) is 0 Å². The fourth-order valence-electron chi connectivity index (χ4n) is 2.25. The quantitative estimate of drug-likeness (QED) is 0.325. The molecule has 1 aliphatic rings. The maximum atomic E-state index is 5.52. The highest BCUT2D eigenvalue weighted by molar-refractivity contribution is 7.80. The SMILES string of the molecule is C=CCOc1ccc(/C=N/NC(=S)NCC2CCCO2)cc1OC. The normalized spacial score (nSPS) is 16.8. The Morgan fingerprint density at radius 1 is 1.50 bits per heavy atom. The maximum absolute atomic E-state index is 5.52. The fraction of sp³-hybridized carbons (Fsp3) is 0.412. The zero-order chi connectivity index (χ0) is 17.2. The van der Waals surface area contributed by atoms with Gasteiger partial charge in [0, 0.05) is 13.2 Å². The van der Waals surface area contributed by atoms with Gasteiger partial charge < -0.3 is 19.5 Å². The van der Waals surface area contributed by atoms with Crippen LogP contribution in [0.4, 0.5) is 0 Å². The summed E-state index contributed by atoms with van der Waals surface area (Å²) < 4.78 is 16.3. The van der Waals surface area contributed by atoms with Crippen molar-refractivity contribution in [3.05, 3.63) is 36.4 Å². The molecule has 6 nitrogen and oxygen atoms in total. The van der Waals surface area contributed by atoms with E-state index in [2.05, 4.69) is 22.4 Å². The lowest BCUT2D eigenvalue weighted by Gasteiger charge is -2.12. The predicted molar refractivity (Wildman–Crippen MR) is 99.0 cm³/mol. The summed E-state index contributed by atoms with van der Waals surface area (Å²) in [5.41, 5.74) is 3.66. The molecule has 130 valence electrons. The van der Waals surface area contributed by atoms with Gasteiger partial charge in [0.15, 0.2) is 16.6 Å². The van der Waals surface area contributed by atoms with Crippen LogP contribution in [0.15, 0.2) is 36.0 Å². The van der Waals surface area contributed by atoms with Crippen LogP contribution in [0, 0.1) is 0 Å². The van der Waals surface area contributed by atoms with Gasteiger partial charge >= 0.3 is 0 Å². The molecule has 1 saturated heterocycles. The average molecular weight is 349 g/mol. The first-order valence-electron chi connectivity index (χ1n) is 7.83. The van der Waals surface area contributed by atoms with E-state index in [1.54, 1.807) is 19.4 Å². The molecule has 1 heterocycles. The number of nitrogens with one attached hydrogen (secondary N) is 2. The Morgan fingerprint density at radius 3 is 3.08 bits per heavy atom. The van der Waals surface area contributed by atoms with Crippen molar-refractivity contribution in [3.8, 4) is 11.5 Å². The van der Waals surface area contributed by atoms with E-state index in [9.17, 15) is 0 Å². The van der Waals surface area contributed by atoms with E-state index < -0.39 is 0 Å². The van der Waals surface area contributed by atoms with Gasteiger partial charge in [-0.15, -0.1) is 0 Å². The molecule has 0 amide bonds. The third-order valence-corrected chi connectivity index (χ3v) is 3.67. The summed E-state index contributed by atoms with van der Waals surface area (Å²) in [7, 11) is 1.60. The van der Waals surface area contributed by atoms with Gasteiger partial charge in [-0.3, -0.25) is 5.43 Å². The Bertz CT molecular complexity index is 586. The number of methoxy groups -OCH3 is 1. The lowest BCUT2D eigenvalue weighted by atomic mass is 10.2. The van der Waals surface area contributed by atoms with Crippen molar-refractivity contribution in [2.24, 2.45) is 5.10 Å². The lowest BCUT2D eigenvalue weighted by Crippen LogP contribution is -2.37. The van der Waals surface area contributed by atoms with Crippen LogP contribution >= 0.6 is 12.2 Å². The number of hydrazone groups is 1. The van der Waals surface area contributed by atoms with Gasteiger partial charge in [0.25, 0.3) is 0 Å². The Hall–Kier alpha value is -2.12. The van der Waals surface area contributed by atoms with E-state index in [0.29, 0.717) is 29.8 Å². The van der Waals surface area contributed by atoms with Gasteiger partial charge in [0.2, 0.25) is 0 Å². The van der Waals surface area contributed by atoms with Gasteiger partial charge in [-0.05, 0) is 48.8 Å². The van der Waals surface area contributed by atoms with Crippen molar-refractivity contribution in [3.63, 3.8) is 0 Å². The summed E-state index contributed by atoms with van der Waals surface area (Å²) in [5.74, 6) is 1.30. The molecule has 0 aliphatic carbocycles. The van der Waals surface area contributed by atoms with Crippen molar-refractivity contribution in [2.45, 2.75) is 18.9 Å². The van der Waals surface area contributed by atoms with Gasteiger partial charge in [-0.2, -0.15) is 5.10 Å². The number of rotatable bonds is 8. The second-order valence-corrected chi connectivity index (χ2v) is 5.63. The average Bonchev–Trinajstić information content (AvgIpc) is 3.12. The monoisotopic (exact) mass is 349 g/mol. The number of hydrogen-bond acceptors (Lipinski definition) is 5. The molecular formula is C17H23N3O3S. The first kappa shape index (κ1) is 18.2. The van der Waals surface area contributed by atoms with Crippen molar-refractivity contribution >= 4 is 23.5 Å². The Balaban J connectivity index is 1.81. The highest BCUT2D eigenvalue weighted by Gasteiger charge is 2.14. The molecule has 1 fully saturated rings. The Kier molecular flexibility index (Phi) is 7.51. The zero-order valence-electron chi connectivity index (χ0n) is 13.8. The largest absolute Gasteiger partial charge is 0.493 e. The molecule has 0 aromatic heterocycles. The number of benzene rings is 1. The number of nitrogens with zero attached hydrogens (tertiary/aromatic N) is 1. The topological polar surface area (TPSA) is 64.1 Å². The van der Waals surface area contributed by atoms with Crippen LogP contribution in [0.2, 0.25) is 0 Å². The second kappa shape index (κ2) is 9.89. The van der Waals surface area contributed by atoms with Gasteiger partial charge in [-0.25, -0.2) is 0 Å². The van der Waals surface area contributed by atoms with E-state index >= 15 is 0 Å².